The van der Waals surface area contributed by atoms with Crippen LogP contribution in [0.4, 0.5) is 5.82 Å². The fraction of sp³-hybridized carbons (Fsp3) is 0.321. The number of hydrogen-bond acceptors (Lipinski definition) is 5. The molecule has 2 aromatic carbocycles. The van der Waals surface area contributed by atoms with Gasteiger partial charge in [-0.25, -0.2) is 9.50 Å². The van der Waals surface area contributed by atoms with E-state index in [1.165, 1.54) is 5.56 Å². The minimum atomic E-state index is -0.0681. The molecule has 180 valence electrons. The first kappa shape index (κ1) is 22.9. The zero-order valence-corrected chi connectivity index (χ0v) is 20.3. The summed E-state index contributed by atoms with van der Waals surface area (Å²) in [6.45, 7) is 4.21. The summed E-state index contributed by atoms with van der Waals surface area (Å²) in [4.78, 5) is 19.9. The van der Waals surface area contributed by atoms with Crippen LogP contribution in [0.2, 0.25) is 0 Å². The van der Waals surface area contributed by atoms with Gasteiger partial charge >= 0.3 is 0 Å². The van der Waals surface area contributed by atoms with Gasteiger partial charge in [-0.3, -0.25) is 4.79 Å². The Hall–Kier alpha value is -3.87. The van der Waals surface area contributed by atoms with E-state index in [0.717, 1.165) is 59.7 Å². The summed E-state index contributed by atoms with van der Waals surface area (Å²) >= 11 is 0. The van der Waals surface area contributed by atoms with E-state index in [1.54, 1.807) is 13.3 Å². The molecular formula is C28H31N5O2. The molecule has 2 aromatic heterocycles. The largest absolute Gasteiger partial charge is 0.497 e. The van der Waals surface area contributed by atoms with E-state index < -0.39 is 0 Å². The van der Waals surface area contributed by atoms with Crippen LogP contribution < -0.4 is 15.0 Å². The normalized spacial score (nSPS) is 15.8. The number of methoxy groups -OCH3 is 1. The summed E-state index contributed by atoms with van der Waals surface area (Å²) < 4.78 is 7.23. The van der Waals surface area contributed by atoms with E-state index in [4.69, 9.17) is 9.84 Å². The molecular weight excluding hydrogens is 438 g/mol. The molecule has 1 aliphatic heterocycles. The van der Waals surface area contributed by atoms with Crippen LogP contribution in [-0.4, -0.2) is 40.7 Å². The van der Waals surface area contributed by atoms with Crippen molar-refractivity contribution < 1.29 is 9.53 Å². The second-order valence-corrected chi connectivity index (χ2v) is 9.02. The van der Waals surface area contributed by atoms with E-state index in [-0.39, 0.29) is 11.8 Å². The van der Waals surface area contributed by atoms with Gasteiger partial charge in [0.25, 0.3) is 0 Å². The Morgan fingerprint density at radius 3 is 2.77 bits per heavy atom. The lowest BCUT2D eigenvalue weighted by molar-refractivity contribution is -0.125. The number of amides is 1. The molecule has 0 saturated carbocycles. The van der Waals surface area contributed by atoms with Crippen molar-refractivity contribution in [2.24, 2.45) is 5.92 Å². The first-order chi connectivity index (χ1) is 17.1. The number of aryl methyl sites for hydroxylation is 1. The Labute approximate surface area is 205 Å². The number of hydrogen-bond donors (Lipinski definition) is 1. The molecule has 0 aliphatic carbocycles. The van der Waals surface area contributed by atoms with Gasteiger partial charge in [0.05, 0.1) is 18.7 Å². The van der Waals surface area contributed by atoms with Crippen molar-refractivity contribution in [1.29, 1.82) is 0 Å². The van der Waals surface area contributed by atoms with Crippen molar-refractivity contribution >= 4 is 17.2 Å². The lowest BCUT2D eigenvalue weighted by Gasteiger charge is -2.33. The lowest BCUT2D eigenvalue weighted by atomic mass is 9.97. The van der Waals surface area contributed by atoms with Crippen molar-refractivity contribution in [3.05, 3.63) is 78.1 Å². The molecule has 1 amide bonds. The summed E-state index contributed by atoms with van der Waals surface area (Å²) in [6, 6.07) is 18.4. The molecule has 7 nitrogen and oxygen atoms in total. The maximum Gasteiger partial charge on any atom is 0.225 e. The van der Waals surface area contributed by atoms with Crippen molar-refractivity contribution in [3.63, 3.8) is 0 Å². The van der Waals surface area contributed by atoms with Gasteiger partial charge in [0, 0.05) is 37.6 Å². The predicted molar refractivity (Wildman–Crippen MR) is 138 cm³/mol. The molecule has 1 saturated heterocycles. The molecule has 4 aromatic rings. The van der Waals surface area contributed by atoms with Gasteiger partial charge in [0.15, 0.2) is 5.82 Å². The summed E-state index contributed by atoms with van der Waals surface area (Å²) in [6.07, 6.45) is 6.48. The van der Waals surface area contributed by atoms with Gasteiger partial charge < -0.3 is 15.0 Å². The van der Waals surface area contributed by atoms with Gasteiger partial charge in [0.2, 0.25) is 5.91 Å². The summed E-state index contributed by atoms with van der Waals surface area (Å²) in [5.74, 6) is 1.69. The smallest absolute Gasteiger partial charge is 0.225 e. The average molecular weight is 470 g/mol. The number of ether oxygens (including phenoxy) is 1. The molecule has 1 unspecified atom stereocenters. The molecule has 1 aliphatic rings. The van der Waals surface area contributed by atoms with Crippen LogP contribution in [0.5, 0.6) is 5.75 Å². The third-order valence-corrected chi connectivity index (χ3v) is 6.72. The third-order valence-electron chi connectivity index (χ3n) is 6.72. The quantitative estimate of drug-likeness (QED) is 0.432. The van der Waals surface area contributed by atoms with E-state index in [0.29, 0.717) is 13.1 Å². The number of anilines is 1. The Bertz CT molecular complexity index is 1310. The monoisotopic (exact) mass is 469 g/mol. The maximum atomic E-state index is 13.0. The van der Waals surface area contributed by atoms with E-state index >= 15 is 0 Å². The zero-order valence-electron chi connectivity index (χ0n) is 20.3. The SMILES string of the molecule is CCc1ccc(CNC(=O)C2CCCN(c3nccn4nc(-c5cccc(OC)c5)cc34)C2)cc1. The molecule has 0 spiro atoms. The number of piperidine rings is 1. The van der Waals surface area contributed by atoms with Gasteiger partial charge in [0.1, 0.15) is 11.3 Å². The fourth-order valence-corrected chi connectivity index (χ4v) is 4.69. The summed E-state index contributed by atoms with van der Waals surface area (Å²) in [5.41, 5.74) is 5.21. The Morgan fingerprint density at radius 1 is 1.14 bits per heavy atom. The highest BCUT2D eigenvalue weighted by molar-refractivity contribution is 5.81. The summed E-state index contributed by atoms with van der Waals surface area (Å²) in [5, 5.41) is 7.89. The lowest BCUT2D eigenvalue weighted by Crippen LogP contribution is -2.43. The molecule has 1 atom stereocenters. The Morgan fingerprint density at radius 2 is 1.97 bits per heavy atom. The molecule has 5 rings (SSSR count). The van der Waals surface area contributed by atoms with Gasteiger partial charge in [-0.1, -0.05) is 43.3 Å². The van der Waals surface area contributed by atoms with Crippen LogP contribution >= 0.6 is 0 Å². The number of nitrogens with one attached hydrogen (secondary N) is 1. The predicted octanol–water partition coefficient (Wildman–Crippen LogP) is 4.50. The minimum Gasteiger partial charge on any atom is -0.497 e. The Balaban J connectivity index is 1.31. The molecule has 3 heterocycles. The van der Waals surface area contributed by atoms with Crippen LogP contribution in [0.1, 0.15) is 30.9 Å². The van der Waals surface area contributed by atoms with E-state index in [9.17, 15) is 4.79 Å². The molecule has 35 heavy (non-hydrogen) atoms. The highest BCUT2D eigenvalue weighted by atomic mass is 16.5. The van der Waals surface area contributed by atoms with Gasteiger partial charge in [-0.05, 0) is 48.6 Å². The number of carbonyl (C=O) groups is 1. The van der Waals surface area contributed by atoms with E-state index in [1.807, 2.05) is 35.0 Å². The second kappa shape index (κ2) is 10.2. The van der Waals surface area contributed by atoms with Crippen molar-refractivity contribution in [2.45, 2.75) is 32.7 Å². The van der Waals surface area contributed by atoms with Crippen LogP contribution in [0.15, 0.2) is 67.0 Å². The number of fused-ring (bicyclic) bond motifs is 1. The maximum absolute atomic E-state index is 13.0. The molecule has 1 fully saturated rings. The standard InChI is InChI=1S/C28H31N5O2/c1-3-20-9-11-21(12-10-20)18-30-28(34)23-7-5-14-32(19-23)27-26-17-25(31-33(26)15-13-29-27)22-6-4-8-24(16-22)35-2/h4,6,8-13,15-17,23H,3,5,7,14,18-19H2,1-2H3,(H,30,34). The van der Waals surface area contributed by atoms with Crippen molar-refractivity contribution in [2.75, 3.05) is 25.1 Å². The minimum absolute atomic E-state index is 0.0681. The first-order valence-electron chi connectivity index (χ1n) is 12.2. The zero-order chi connectivity index (χ0) is 24.2. The number of nitrogens with zero attached hydrogens (tertiary/aromatic N) is 4. The fourth-order valence-electron chi connectivity index (χ4n) is 4.69. The number of aromatic nitrogens is 3. The molecule has 1 N–H and O–H groups in total. The van der Waals surface area contributed by atoms with Crippen molar-refractivity contribution in [3.8, 4) is 17.0 Å². The van der Waals surface area contributed by atoms with Crippen LogP contribution in [0.3, 0.4) is 0 Å². The second-order valence-electron chi connectivity index (χ2n) is 9.02. The first-order valence-corrected chi connectivity index (χ1v) is 12.2. The van der Waals surface area contributed by atoms with Crippen LogP contribution in [0, 0.1) is 5.92 Å². The summed E-state index contributed by atoms with van der Waals surface area (Å²) in [7, 11) is 1.66. The molecule has 0 bridgehead atoms. The van der Waals surface area contributed by atoms with Crippen LogP contribution in [0.25, 0.3) is 16.8 Å². The van der Waals surface area contributed by atoms with Crippen LogP contribution in [-0.2, 0) is 17.8 Å². The molecule has 7 heteroatoms. The Kier molecular flexibility index (Phi) is 6.66. The van der Waals surface area contributed by atoms with E-state index in [2.05, 4.69) is 52.5 Å². The highest BCUT2D eigenvalue weighted by Crippen LogP contribution is 2.29. The van der Waals surface area contributed by atoms with Crippen molar-refractivity contribution in [1.82, 2.24) is 19.9 Å². The highest BCUT2D eigenvalue weighted by Gasteiger charge is 2.27. The topological polar surface area (TPSA) is 71.8 Å². The number of benzene rings is 2. The van der Waals surface area contributed by atoms with Gasteiger partial charge in [-0.2, -0.15) is 5.10 Å². The number of rotatable bonds is 7. The van der Waals surface area contributed by atoms with Gasteiger partial charge in [-0.15, -0.1) is 0 Å². The average Bonchev–Trinajstić information content (AvgIpc) is 3.37. The third kappa shape index (κ3) is 4.99. The number of carbonyl (C=O) groups excluding carboxylic acids is 1. The molecule has 0 radical (unpaired) electrons.